The monoisotopic (exact) mass is 226 g/mol. The lowest BCUT2D eigenvalue weighted by molar-refractivity contribution is 0.101. The molecule has 0 radical (unpaired) electrons. The summed E-state index contributed by atoms with van der Waals surface area (Å²) >= 11 is 0. The van der Waals surface area contributed by atoms with E-state index in [4.69, 9.17) is 9.84 Å². The van der Waals surface area contributed by atoms with E-state index in [1.807, 2.05) is 0 Å². The lowest BCUT2D eigenvalue weighted by Gasteiger charge is -2.10. The lowest BCUT2D eigenvalue weighted by atomic mass is 10.1. The first-order valence-electron chi connectivity index (χ1n) is 5.11. The molecule has 0 heterocycles. The minimum absolute atomic E-state index is 0.0234. The van der Waals surface area contributed by atoms with Crippen LogP contribution in [0.1, 0.15) is 29.3 Å². The number of benzene rings is 1. The van der Waals surface area contributed by atoms with E-state index in [1.165, 1.54) is 19.1 Å². The van der Waals surface area contributed by atoms with Crippen molar-refractivity contribution < 1.29 is 19.0 Å². The van der Waals surface area contributed by atoms with Gasteiger partial charge in [-0.25, -0.2) is 4.39 Å². The van der Waals surface area contributed by atoms with Gasteiger partial charge in [0.2, 0.25) is 0 Å². The predicted molar refractivity (Wildman–Crippen MR) is 58.3 cm³/mol. The molecular formula is C12H15FO3. The van der Waals surface area contributed by atoms with Crippen molar-refractivity contribution >= 4 is 5.78 Å². The van der Waals surface area contributed by atoms with Gasteiger partial charge in [-0.2, -0.15) is 0 Å². The van der Waals surface area contributed by atoms with Crippen molar-refractivity contribution in [2.45, 2.75) is 20.3 Å². The van der Waals surface area contributed by atoms with E-state index >= 15 is 0 Å². The van der Waals surface area contributed by atoms with Crippen LogP contribution in [0.5, 0.6) is 5.75 Å². The SMILES string of the molecule is CC(=O)c1cc(F)c(C)cc1OCCCO. The topological polar surface area (TPSA) is 46.5 Å². The van der Waals surface area contributed by atoms with Gasteiger partial charge in [0.05, 0.1) is 12.2 Å². The highest BCUT2D eigenvalue weighted by molar-refractivity contribution is 5.96. The number of halogens is 1. The maximum Gasteiger partial charge on any atom is 0.163 e. The quantitative estimate of drug-likeness (QED) is 0.617. The number of aliphatic hydroxyl groups is 1. The van der Waals surface area contributed by atoms with Crippen molar-refractivity contribution in [3.63, 3.8) is 0 Å². The Morgan fingerprint density at radius 2 is 2.19 bits per heavy atom. The summed E-state index contributed by atoms with van der Waals surface area (Å²) in [6.45, 7) is 3.30. The van der Waals surface area contributed by atoms with Gasteiger partial charge in [0.25, 0.3) is 0 Å². The first-order chi connectivity index (χ1) is 7.56. The number of ketones is 1. The van der Waals surface area contributed by atoms with Gasteiger partial charge in [0.15, 0.2) is 5.78 Å². The summed E-state index contributed by atoms with van der Waals surface area (Å²) in [5, 5.41) is 8.61. The van der Waals surface area contributed by atoms with Crippen LogP contribution in [0.25, 0.3) is 0 Å². The molecule has 88 valence electrons. The predicted octanol–water partition coefficient (Wildman–Crippen LogP) is 2.10. The first kappa shape index (κ1) is 12.6. The molecule has 1 aromatic carbocycles. The summed E-state index contributed by atoms with van der Waals surface area (Å²) in [6, 6.07) is 2.69. The van der Waals surface area contributed by atoms with Crippen LogP contribution in [0.4, 0.5) is 4.39 Å². The molecule has 0 aromatic heterocycles. The molecule has 3 nitrogen and oxygen atoms in total. The second kappa shape index (κ2) is 5.61. The lowest BCUT2D eigenvalue weighted by Crippen LogP contribution is -2.05. The smallest absolute Gasteiger partial charge is 0.163 e. The summed E-state index contributed by atoms with van der Waals surface area (Å²) in [6.07, 6.45) is 0.480. The van der Waals surface area contributed by atoms with Crippen LogP contribution in [0.2, 0.25) is 0 Å². The van der Waals surface area contributed by atoms with Crippen LogP contribution in [-0.4, -0.2) is 24.1 Å². The van der Waals surface area contributed by atoms with Crippen LogP contribution in [0, 0.1) is 12.7 Å². The summed E-state index contributed by atoms with van der Waals surface area (Å²) in [4.78, 5) is 11.3. The first-order valence-corrected chi connectivity index (χ1v) is 5.11. The van der Waals surface area contributed by atoms with Gasteiger partial charge in [-0.05, 0) is 31.5 Å². The van der Waals surface area contributed by atoms with Crippen LogP contribution in [-0.2, 0) is 0 Å². The molecule has 0 aliphatic heterocycles. The van der Waals surface area contributed by atoms with Crippen molar-refractivity contribution in [2.75, 3.05) is 13.2 Å². The number of aliphatic hydroxyl groups excluding tert-OH is 1. The highest BCUT2D eigenvalue weighted by Crippen LogP contribution is 2.23. The van der Waals surface area contributed by atoms with E-state index in [-0.39, 0.29) is 18.0 Å². The van der Waals surface area contributed by atoms with Gasteiger partial charge in [0.1, 0.15) is 11.6 Å². The van der Waals surface area contributed by atoms with Crippen molar-refractivity contribution in [3.8, 4) is 5.75 Å². The number of hydrogen-bond donors (Lipinski definition) is 1. The molecule has 0 bridgehead atoms. The van der Waals surface area contributed by atoms with E-state index in [0.717, 1.165) is 0 Å². The summed E-state index contributed by atoms with van der Waals surface area (Å²) in [7, 11) is 0. The van der Waals surface area contributed by atoms with E-state index in [0.29, 0.717) is 24.3 Å². The second-order valence-corrected chi connectivity index (χ2v) is 3.58. The Balaban J connectivity index is 2.95. The fourth-order valence-electron chi connectivity index (χ4n) is 1.30. The van der Waals surface area contributed by atoms with Gasteiger partial charge < -0.3 is 9.84 Å². The molecule has 1 aromatic rings. The van der Waals surface area contributed by atoms with Crippen LogP contribution in [0.3, 0.4) is 0 Å². The molecule has 0 atom stereocenters. The molecule has 0 spiro atoms. The Bertz CT molecular complexity index is 388. The number of carbonyl (C=O) groups excluding carboxylic acids is 1. The Morgan fingerprint density at radius 1 is 1.50 bits per heavy atom. The third-order valence-corrected chi connectivity index (χ3v) is 2.20. The number of hydrogen-bond acceptors (Lipinski definition) is 3. The molecule has 0 saturated carbocycles. The van der Waals surface area contributed by atoms with E-state index in [9.17, 15) is 9.18 Å². The molecule has 1 N–H and O–H groups in total. The largest absolute Gasteiger partial charge is 0.493 e. The molecule has 0 fully saturated rings. The fraction of sp³-hybridized carbons (Fsp3) is 0.417. The molecule has 1 rings (SSSR count). The standard InChI is InChI=1S/C12H15FO3/c1-8-6-12(16-5-3-4-14)10(9(2)15)7-11(8)13/h6-7,14H,3-5H2,1-2H3. The van der Waals surface area contributed by atoms with Crippen LogP contribution >= 0.6 is 0 Å². The molecule has 0 aliphatic rings. The number of Topliss-reactive ketones (excluding diaryl/α,β-unsaturated/α-hetero) is 1. The summed E-state index contributed by atoms with van der Waals surface area (Å²) < 4.78 is 18.6. The number of aryl methyl sites for hydroxylation is 1. The second-order valence-electron chi connectivity index (χ2n) is 3.58. The Kier molecular flexibility index (Phi) is 4.43. The zero-order valence-electron chi connectivity index (χ0n) is 9.42. The normalized spacial score (nSPS) is 10.2. The highest BCUT2D eigenvalue weighted by atomic mass is 19.1. The maximum absolute atomic E-state index is 13.3. The molecule has 0 saturated heterocycles. The van der Waals surface area contributed by atoms with Gasteiger partial charge in [-0.15, -0.1) is 0 Å². The average molecular weight is 226 g/mol. The maximum atomic E-state index is 13.3. The third kappa shape index (κ3) is 3.03. The number of ether oxygens (including phenoxy) is 1. The summed E-state index contributed by atoms with van der Waals surface area (Å²) in [5.41, 5.74) is 0.671. The van der Waals surface area contributed by atoms with Gasteiger partial charge in [-0.1, -0.05) is 0 Å². The van der Waals surface area contributed by atoms with Gasteiger partial charge in [0, 0.05) is 13.0 Å². The molecule has 16 heavy (non-hydrogen) atoms. The van der Waals surface area contributed by atoms with E-state index in [2.05, 4.69) is 0 Å². The minimum atomic E-state index is -0.417. The Morgan fingerprint density at radius 3 is 2.75 bits per heavy atom. The van der Waals surface area contributed by atoms with Crippen molar-refractivity contribution in [1.82, 2.24) is 0 Å². The number of carbonyl (C=O) groups is 1. The molecule has 0 unspecified atom stereocenters. The zero-order valence-corrected chi connectivity index (χ0v) is 9.42. The van der Waals surface area contributed by atoms with Crippen molar-refractivity contribution in [3.05, 3.63) is 29.1 Å². The van der Waals surface area contributed by atoms with Crippen molar-refractivity contribution in [2.24, 2.45) is 0 Å². The van der Waals surface area contributed by atoms with E-state index in [1.54, 1.807) is 6.92 Å². The van der Waals surface area contributed by atoms with Crippen LogP contribution < -0.4 is 4.74 Å². The average Bonchev–Trinajstić information content (AvgIpc) is 2.23. The number of rotatable bonds is 5. The molecule has 4 heteroatoms. The molecular weight excluding hydrogens is 211 g/mol. The Labute approximate surface area is 93.9 Å². The van der Waals surface area contributed by atoms with Gasteiger partial charge >= 0.3 is 0 Å². The minimum Gasteiger partial charge on any atom is -0.493 e. The third-order valence-electron chi connectivity index (χ3n) is 2.20. The molecule has 0 aliphatic carbocycles. The van der Waals surface area contributed by atoms with Crippen molar-refractivity contribution in [1.29, 1.82) is 0 Å². The highest BCUT2D eigenvalue weighted by Gasteiger charge is 2.12. The van der Waals surface area contributed by atoms with Gasteiger partial charge in [-0.3, -0.25) is 4.79 Å². The fourth-order valence-corrected chi connectivity index (χ4v) is 1.30. The Hall–Kier alpha value is -1.42. The van der Waals surface area contributed by atoms with E-state index < -0.39 is 5.82 Å². The molecule has 0 amide bonds. The summed E-state index contributed by atoms with van der Waals surface area (Å²) in [5.74, 6) is -0.280. The van der Waals surface area contributed by atoms with Crippen LogP contribution in [0.15, 0.2) is 12.1 Å². The zero-order chi connectivity index (χ0) is 12.1.